The third-order valence-corrected chi connectivity index (χ3v) is 2.06. The second-order valence-electron chi connectivity index (χ2n) is 2.74. The lowest BCUT2D eigenvalue weighted by atomic mass is 10.1. The summed E-state index contributed by atoms with van der Waals surface area (Å²) in [7, 11) is 0. The zero-order valence-electron chi connectivity index (χ0n) is 7.09. The Hall–Kier alpha value is 0.430. The van der Waals surface area contributed by atoms with Gasteiger partial charge in [-0.15, -0.1) is 0 Å². The Kier molecular flexibility index (Phi) is 8.86. The lowest BCUT2D eigenvalue weighted by Crippen LogP contribution is -2.00. The Labute approximate surface area is 83.0 Å². The SMILES string of the molecule is CCCCCCC(O)/C=C/I. The van der Waals surface area contributed by atoms with Gasteiger partial charge in [0, 0.05) is 0 Å². The van der Waals surface area contributed by atoms with E-state index >= 15 is 0 Å². The van der Waals surface area contributed by atoms with Gasteiger partial charge in [0.25, 0.3) is 0 Å². The van der Waals surface area contributed by atoms with E-state index < -0.39 is 0 Å². The summed E-state index contributed by atoms with van der Waals surface area (Å²) in [5.41, 5.74) is 0. The minimum atomic E-state index is -0.219. The largest absolute Gasteiger partial charge is 0.389 e. The smallest absolute Gasteiger partial charge is 0.0728 e. The molecule has 0 spiro atoms. The first kappa shape index (κ1) is 11.4. The summed E-state index contributed by atoms with van der Waals surface area (Å²) in [5.74, 6) is 0. The number of unbranched alkanes of at least 4 members (excludes halogenated alkanes) is 3. The second-order valence-corrected chi connectivity index (χ2v) is 3.45. The van der Waals surface area contributed by atoms with Gasteiger partial charge in [-0.05, 0) is 10.5 Å². The highest BCUT2D eigenvalue weighted by Gasteiger charge is 1.96. The highest BCUT2D eigenvalue weighted by atomic mass is 127. The molecule has 0 amide bonds. The minimum absolute atomic E-state index is 0.219. The molecule has 2 heteroatoms. The summed E-state index contributed by atoms with van der Waals surface area (Å²) in [6, 6.07) is 0. The normalized spacial score (nSPS) is 14.1. The summed E-state index contributed by atoms with van der Waals surface area (Å²) in [4.78, 5) is 0. The van der Waals surface area contributed by atoms with Gasteiger partial charge in [0.1, 0.15) is 0 Å². The van der Waals surface area contributed by atoms with Crippen molar-refractivity contribution in [2.45, 2.75) is 45.1 Å². The Bertz CT molecular complexity index is 102. The Morgan fingerprint density at radius 3 is 2.64 bits per heavy atom. The van der Waals surface area contributed by atoms with Gasteiger partial charge in [0.15, 0.2) is 0 Å². The first-order chi connectivity index (χ1) is 5.31. The summed E-state index contributed by atoms with van der Waals surface area (Å²) in [6.45, 7) is 2.20. The topological polar surface area (TPSA) is 20.2 Å². The van der Waals surface area contributed by atoms with Gasteiger partial charge in [-0.25, -0.2) is 0 Å². The molecule has 0 rings (SSSR count). The van der Waals surface area contributed by atoms with E-state index in [1.807, 2.05) is 10.2 Å². The van der Waals surface area contributed by atoms with Gasteiger partial charge in [0.05, 0.1) is 6.10 Å². The van der Waals surface area contributed by atoms with Crippen molar-refractivity contribution in [2.24, 2.45) is 0 Å². The van der Waals surface area contributed by atoms with Crippen LogP contribution in [0.2, 0.25) is 0 Å². The minimum Gasteiger partial charge on any atom is -0.389 e. The van der Waals surface area contributed by atoms with Crippen LogP contribution in [0.1, 0.15) is 39.0 Å². The molecule has 0 aromatic rings. The molecule has 1 nitrogen and oxygen atoms in total. The predicted molar refractivity (Wildman–Crippen MR) is 57.9 cm³/mol. The van der Waals surface area contributed by atoms with Crippen molar-refractivity contribution in [1.29, 1.82) is 0 Å². The van der Waals surface area contributed by atoms with E-state index in [0.29, 0.717) is 0 Å². The molecule has 1 N–H and O–H groups in total. The molecule has 0 bridgehead atoms. The molecule has 0 aliphatic rings. The van der Waals surface area contributed by atoms with E-state index in [1.54, 1.807) is 0 Å². The van der Waals surface area contributed by atoms with Crippen LogP contribution < -0.4 is 0 Å². The van der Waals surface area contributed by atoms with E-state index in [1.165, 1.54) is 19.3 Å². The average Bonchev–Trinajstić information content (AvgIpc) is 1.99. The lowest BCUT2D eigenvalue weighted by molar-refractivity contribution is 0.208. The Morgan fingerprint density at radius 1 is 1.36 bits per heavy atom. The van der Waals surface area contributed by atoms with Crippen LogP contribution in [0.4, 0.5) is 0 Å². The zero-order chi connectivity index (χ0) is 8.53. The van der Waals surface area contributed by atoms with Crippen LogP contribution in [-0.4, -0.2) is 11.2 Å². The molecule has 0 saturated carbocycles. The number of aliphatic hydroxyl groups is 1. The number of aliphatic hydroxyl groups excluding tert-OH is 1. The van der Waals surface area contributed by atoms with Gasteiger partial charge >= 0.3 is 0 Å². The fourth-order valence-electron chi connectivity index (χ4n) is 0.960. The average molecular weight is 268 g/mol. The summed E-state index contributed by atoms with van der Waals surface area (Å²) < 4.78 is 1.88. The van der Waals surface area contributed by atoms with E-state index in [2.05, 4.69) is 29.5 Å². The number of hydrogen-bond donors (Lipinski definition) is 1. The van der Waals surface area contributed by atoms with Gasteiger partial charge in [-0.3, -0.25) is 0 Å². The highest BCUT2D eigenvalue weighted by Crippen LogP contribution is 2.06. The molecule has 0 heterocycles. The maximum Gasteiger partial charge on any atom is 0.0728 e. The van der Waals surface area contributed by atoms with Crippen LogP contribution in [-0.2, 0) is 0 Å². The number of rotatable bonds is 6. The first-order valence-corrected chi connectivity index (χ1v) is 5.50. The Balaban J connectivity index is 3.10. The van der Waals surface area contributed by atoms with Crippen LogP contribution >= 0.6 is 22.6 Å². The standard InChI is InChI=1S/C9H17IO/c1-2-3-4-5-6-9(11)7-8-10/h7-9,11H,2-6H2,1H3/b8-7+. The molecule has 0 aliphatic heterocycles. The van der Waals surface area contributed by atoms with Crippen molar-refractivity contribution in [1.82, 2.24) is 0 Å². The number of hydrogen-bond acceptors (Lipinski definition) is 1. The van der Waals surface area contributed by atoms with Crippen LogP contribution in [0.25, 0.3) is 0 Å². The van der Waals surface area contributed by atoms with Crippen molar-refractivity contribution in [3.63, 3.8) is 0 Å². The fraction of sp³-hybridized carbons (Fsp3) is 0.778. The van der Waals surface area contributed by atoms with Crippen molar-refractivity contribution < 1.29 is 5.11 Å². The maximum atomic E-state index is 9.26. The highest BCUT2D eigenvalue weighted by molar-refractivity contribution is 14.1. The molecule has 0 aromatic carbocycles. The molecule has 0 saturated heterocycles. The molecule has 0 aromatic heterocycles. The molecular formula is C9H17IO. The first-order valence-electron chi connectivity index (χ1n) is 4.26. The fourth-order valence-corrected chi connectivity index (χ4v) is 1.44. The molecular weight excluding hydrogens is 251 g/mol. The monoisotopic (exact) mass is 268 g/mol. The molecule has 66 valence electrons. The van der Waals surface area contributed by atoms with Gasteiger partial charge < -0.3 is 5.11 Å². The van der Waals surface area contributed by atoms with E-state index in [-0.39, 0.29) is 6.10 Å². The van der Waals surface area contributed by atoms with Crippen LogP contribution in [0.15, 0.2) is 10.2 Å². The van der Waals surface area contributed by atoms with E-state index in [4.69, 9.17) is 0 Å². The maximum absolute atomic E-state index is 9.26. The van der Waals surface area contributed by atoms with E-state index in [0.717, 1.165) is 12.8 Å². The summed E-state index contributed by atoms with van der Waals surface area (Å²) in [6.07, 6.45) is 7.49. The molecule has 0 fully saturated rings. The van der Waals surface area contributed by atoms with Crippen molar-refractivity contribution in [3.05, 3.63) is 10.2 Å². The van der Waals surface area contributed by atoms with Gasteiger partial charge in [-0.2, -0.15) is 0 Å². The summed E-state index contributed by atoms with van der Waals surface area (Å²) in [5, 5.41) is 9.26. The van der Waals surface area contributed by atoms with Gasteiger partial charge in [0.2, 0.25) is 0 Å². The predicted octanol–water partition coefficient (Wildman–Crippen LogP) is 3.27. The molecule has 1 unspecified atom stereocenters. The van der Waals surface area contributed by atoms with Crippen molar-refractivity contribution in [2.75, 3.05) is 0 Å². The lowest BCUT2D eigenvalue weighted by Gasteiger charge is -2.03. The third kappa shape index (κ3) is 8.34. The molecule has 0 aliphatic carbocycles. The zero-order valence-corrected chi connectivity index (χ0v) is 9.25. The van der Waals surface area contributed by atoms with Crippen molar-refractivity contribution in [3.8, 4) is 0 Å². The Morgan fingerprint density at radius 2 is 2.09 bits per heavy atom. The molecule has 0 radical (unpaired) electrons. The second kappa shape index (κ2) is 8.53. The third-order valence-electron chi connectivity index (χ3n) is 1.65. The molecule has 11 heavy (non-hydrogen) atoms. The van der Waals surface area contributed by atoms with Crippen LogP contribution in [0, 0.1) is 0 Å². The van der Waals surface area contributed by atoms with Crippen LogP contribution in [0.5, 0.6) is 0 Å². The van der Waals surface area contributed by atoms with E-state index in [9.17, 15) is 5.11 Å². The summed E-state index contributed by atoms with van der Waals surface area (Å²) >= 11 is 2.13. The molecule has 1 atom stereocenters. The quantitative estimate of drug-likeness (QED) is 0.579. The van der Waals surface area contributed by atoms with Gasteiger partial charge in [-0.1, -0.05) is 61.3 Å². The van der Waals surface area contributed by atoms with Crippen molar-refractivity contribution >= 4 is 22.6 Å². The number of halogens is 1. The van der Waals surface area contributed by atoms with Crippen LogP contribution in [0.3, 0.4) is 0 Å².